The lowest BCUT2D eigenvalue weighted by Crippen LogP contribution is -2.32. The lowest BCUT2D eigenvalue weighted by Gasteiger charge is -2.13. The Balaban J connectivity index is 0.00000192. The Hall–Kier alpha value is -2.19. The van der Waals surface area contributed by atoms with Gasteiger partial charge in [-0.3, -0.25) is 4.79 Å². The third kappa shape index (κ3) is 3.59. The van der Waals surface area contributed by atoms with Crippen molar-refractivity contribution in [1.29, 1.82) is 0 Å². The molecule has 3 rings (SSSR count). The Morgan fingerprint density at radius 3 is 2.83 bits per heavy atom. The highest BCUT2D eigenvalue weighted by Crippen LogP contribution is 2.40. The van der Waals surface area contributed by atoms with E-state index in [-0.39, 0.29) is 18.3 Å². The summed E-state index contributed by atoms with van der Waals surface area (Å²) in [6.45, 7) is 1.63. The van der Waals surface area contributed by atoms with Crippen molar-refractivity contribution >= 4 is 24.0 Å². The van der Waals surface area contributed by atoms with Crippen molar-refractivity contribution in [3.8, 4) is 11.4 Å². The summed E-state index contributed by atoms with van der Waals surface area (Å²) in [5, 5.41) is 14.6. The quantitative estimate of drug-likeness (QED) is 0.849. The number of carbonyl (C=O) groups excluding carboxylic acids is 1. The Morgan fingerprint density at radius 1 is 1.48 bits per heavy atom. The fourth-order valence-corrected chi connectivity index (χ4v) is 2.15. The first-order chi connectivity index (χ1) is 10.6. The van der Waals surface area contributed by atoms with Crippen molar-refractivity contribution in [1.82, 2.24) is 20.2 Å². The van der Waals surface area contributed by atoms with E-state index in [9.17, 15) is 4.79 Å². The standard InChI is InChI=1S/C14H18N6O2.ClH/c1-8(15)14(21)16-10-5-6-12(22-2)11(7-10)20-13(9-3-4-9)17-18-19-20;/h5-9H,3-4,15H2,1-2H3,(H,16,21);1H/t8-;/m0./s1. The van der Waals surface area contributed by atoms with Crippen LogP contribution >= 0.6 is 12.4 Å². The predicted octanol–water partition coefficient (Wildman–Crippen LogP) is 1.26. The summed E-state index contributed by atoms with van der Waals surface area (Å²) in [4.78, 5) is 11.7. The second-order valence-electron chi connectivity index (χ2n) is 5.39. The minimum absolute atomic E-state index is 0. The number of nitrogens with two attached hydrogens (primary N) is 1. The fraction of sp³-hybridized carbons (Fsp3) is 0.429. The van der Waals surface area contributed by atoms with E-state index in [0.717, 1.165) is 18.7 Å². The van der Waals surface area contributed by atoms with E-state index in [1.54, 1.807) is 36.9 Å². The van der Waals surface area contributed by atoms with Crippen LogP contribution in [0.2, 0.25) is 0 Å². The molecule has 2 aromatic rings. The molecule has 1 aromatic carbocycles. The van der Waals surface area contributed by atoms with E-state index in [0.29, 0.717) is 23.0 Å². The van der Waals surface area contributed by atoms with Crippen molar-refractivity contribution < 1.29 is 9.53 Å². The van der Waals surface area contributed by atoms with Crippen molar-refractivity contribution in [3.63, 3.8) is 0 Å². The van der Waals surface area contributed by atoms with Gasteiger partial charge in [-0.05, 0) is 48.4 Å². The van der Waals surface area contributed by atoms with Crippen LogP contribution in [0.5, 0.6) is 5.75 Å². The molecule has 1 saturated carbocycles. The van der Waals surface area contributed by atoms with Gasteiger partial charge in [-0.25, -0.2) is 0 Å². The molecule has 124 valence electrons. The number of ether oxygens (including phenoxy) is 1. The summed E-state index contributed by atoms with van der Waals surface area (Å²) in [6, 6.07) is 4.72. The number of aromatic nitrogens is 4. The average molecular weight is 339 g/mol. The Labute approximate surface area is 139 Å². The highest BCUT2D eigenvalue weighted by Gasteiger charge is 2.30. The lowest BCUT2D eigenvalue weighted by molar-refractivity contribution is -0.117. The number of halogens is 1. The zero-order valence-electron chi connectivity index (χ0n) is 12.9. The molecule has 0 bridgehead atoms. The van der Waals surface area contributed by atoms with E-state index in [1.165, 1.54) is 0 Å². The van der Waals surface area contributed by atoms with Crippen LogP contribution in [0, 0.1) is 0 Å². The first-order valence-electron chi connectivity index (χ1n) is 7.13. The number of benzene rings is 1. The van der Waals surface area contributed by atoms with Gasteiger partial charge in [0.15, 0.2) is 5.82 Å². The molecular formula is C14H19ClN6O2. The van der Waals surface area contributed by atoms with Gasteiger partial charge in [0.05, 0.1) is 13.2 Å². The maximum absolute atomic E-state index is 11.7. The molecule has 0 saturated heterocycles. The molecule has 9 heteroatoms. The highest BCUT2D eigenvalue weighted by atomic mass is 35.5. The van der Waals surface area contributed by atoms with Crippen LogP contribution in [0.25, 0.3) is 5.69 Å². The third-order valence-corrected chi connectivity index (χ3v) is 3.52. The number of carbonyl (C=O) groups is 1. The van der Waals surface area contributed by atoms with E-state index in [2.05, 4.69) is 20.8 Å². The fourth-order valence-electron chi connectivity index (χ4n) is 2.15. The maximum Gasteiger partial charge on any atom is 0.240 e. The molecule has 1 aromatic heterocycles. The molecular weight excluding hydrogens is 320 g/mol. The Bertz CT molecular complexity index is 698. The van der Waals surface area contributed by atoms with Gasteiger partial charge in [0.1, 0.15) is 11.4 Å². The van der Waals surface area contributed by atoms with Crippen LogP contribution in [-0.4, -0.2) is 39.3 Å². The number of hydrogen-bond acceptors (Lipinski definition) is 6. The molecule has 0 unspecified atom stereocenters. The van der Waals surface area contributed by atoms with Crippen LogP contribution in [-0.2, 0) is 4.79 Å². The smallest absolute Gasteiger partial charge is 0.240 e. The van der Waals surface area contributed by atoms with Crippen LogP contribution in [0.1, 0.15) is 31.5 Å². The van der Waals surface area contributed by atoms with Gasteiger partial charge < -0.3 is 15.8 Å². The summed E-state index contributed by atoms with van der Waals surface area (Å²) in [5.74, 6) is 1.58. The predicted molar refractivity (Wildman–Crippen MR) is 87.2 cm³/mol. The first-order valence-corrected chi connectivity index (χ1v) is 7.13. The number of hydrogen-bond donors (Lipinski definition) is 2. The molecule has 1 aliphatic rings. The molecule has 1 fully saturated rings. The topological polar surface area (TPSA) is 108 Å². The van der Waals surface area contributed by atoms with Crippen LogP contribution in [0.4, 0.5) is 5.69 Å². The molecule has 1 heterocycles. The van der Waals surface area contributed by atoms with Crippen LogP contribution in [0.3, 0.4) is 0 Å². The monoisotopic (exact) mass is 338 g/mol. The maximum atomic E-state index is 11.7. The average Bonchev–Trinajstić information content (AvgIpc) is 3.24. The zero-order chi connectivity index (χ0) is 15.7. The molecule has 3 N–H and O–H groups in total. The van der Waals surface area contributed by atoms with Gasteiger partial charge in [0.25, 0.3) is 0 Å². The van der Waals surface area contributed by atoms with Gasteiger partial charge in [0.2, 0.25) is 5.91 Å². The summed E-state index contributed by atoms with van der Waals surface area (Å²) in [7, 11) is 1.58. The number of amides is 1. The molecule has 1 aliphatic carbocycles. The molecule has 8 nitrogen and oxygen atoms in total. The summed E-state index contributed by atoms with van der Waals surface area (Å²) in [6.07, 6.45) is 2.17. The van der Waals surface area contributed by atoms with E-state index < -0.39 is 6.04 Å². The number of tetrazole rings is 1. The third-order valence-electron chi connectivity index (χ3n) is 3.52. The van der Waals surface area contributed by atoms with Gasteiger partial charge in [-0.15, -0.1) is 17.5 Å². The van der Waals surface area contributed by atoms with Crippen molar-refractivity contribution in [2.75, 3.05) is 12.4 Å². The number of nitrogens with one attached hydrogen (secondary N) is 1. The number of methoxy groups -OCH3 is 1. The second-order valence-corrected chi connectivity index (χ2v) is 5.39. The van der Waals surface area contributed by atoms with Crippen molar-refractivity contribution in [2.24, 2.45) is 5.73 Å². The summed E-state index contributed by atoms with van der Waals surface area (Å²) < 4.78 is 7.04. The van der Waals surface area contributed by atoms with Gasteiger partial charge >= 0.3 is 0 Å². The number of nitrogens with zero attached hydrogens (tertiary/aromatic N) is 4. The molecule has 1 amide bonds. The van der Waals surface area contributed by atoms with E-state index in [4.69, 9.17) is 10.5 Å². The SMILES string of the molecule is COc1ccc(NC(=O)[C@H](C)N)cc1-n1nnnc1C1CC1.Cl. The van der Waals surface area contributed by atoms with Crippen LogP contribution < -0.4 is 15.8 Å². The molecule has 0 aliphatic heterocycles. The summed E-state index contributed by atoms with van der Waals surface area (Å²) >= 11 is 0. The van der Waals surface area contributed by atoms with Gasteiger partial charge in [-0.2, -0.15) is 4.68 Å². The normalized spacial score (nSPS) is 14.7. The Kier molecular flexibility index (Phi) is 5.17. The minimum atomic E-state index is -0.583. The van der Waals surface area contributed by atoms with E-state index >= 15 is 0 Å². The van der Waals surface area contributed by atoms with Crippen molar-refractivity contribution in [2.45, 2.75) is 31.7 Å². The number of anilines is 1. The van der Waals surface area contributed by atoms with Gasteiger partial charge in [0, 0.05) is 11.6 Å². The minimum Gasteiger partial charge on any atom is -0.494 e. The first kappa shape index (κ1) is 17.2. The second kappa shape index (κ2) is 6.93. The van der Waals surface area contributed by atoms with Gasteiger partial charge in [-0.1, -0.05) is 0 Å². The van der Waals surface area contributed by atoms with Crippen LogP contribution in [0.15, 0.2) is 18.2 Å². The largest absolute Gasteiger partial charge is 0.494 e. The van der Waals surface area contributed by atoms with Crippen molar-refractivity contribution in [3.05, 3.63) is 24.0 Å². The lowest BCUT2D eigenvalue weighted by atomic mass is 10.2. The molecule has 1 atom stereocenters. The number of rotatable bonds is 5. The molecule has 23 heavy (non-hydrogen) atoms. The highest BCUT2D eigenvalue weighted by molar-refractivity contribution is 5.94. The molecule has 0 radical (unpaired) electrons. The zero-order valence-corrected chi connectivity index (χ0v) is 13.7. The molecule has 0 spiro atoms. The summed E-state index contributed by atoms with van der Waals surface area (Å²) in [5.41, 5.74) is 6.88. The van der Waals surface area contributed by atoms with E-state index in [1.807, 2.05) is 0 Å². The Morgan fingerprint density at radius 2 is 2.22 bits per heavy atom.